The molecule has 1 aliphatic heterocycles. The van der Waals surface area contributed by atoms with Gasteiger partial charge in [0.25, 0.3) is 0 Å². The number of rotatable bonds is 5. The minimum atomic E-state index is -1.34. The van der Waals surface area contributed by atoms with Crippen LogP contribution in [0.1, 0.15) is 42.6 Å². The first-order valence-corrected chi connectivity index (χ1v) is 9.56. The van der Waals surface area contributed by atoms with E-state index in [9.17, 15) is 19.1 Å². The van der Waals surface area contributed by atoms with Crippen molar-refractivity contribution in [1.82, 2.24) is 9.55 Å². The summed E-state index contributed by atoms with van der Waals surface area (Å²) in [5, 5.41) is 13.3. The zero-order valence-electron chi connectivity index (χ0n) is 16.0. The summed E-state index contributed by atoms with van der Waals surface area (Å²) >= 11 is 0. The number of aromatic carboxylic acids is 1. The van der Waals surface area contributed by atoms with Crippen molar-refractivity contribution in [2.75, 3.05) is 24.6 Å². The molecule has 1 unspecified atom stereocenters. The monoisotopic (exact) mass is 403 g/mol. The summed E-state index contributed by atoms with van der Waals surface area (Å²) in [5.74, 6) is -1.98. The first-order chi connectivity index (χ1) is 13.9. The third-order valence-corrected chi connectivity index (χ3v) is 5.06. The number of oxime groups is 1. The number of hydrogen-bond acceptors (Lipinski definition) is 7. The van der Waals surface area contributed by atoms with Crippen LogP contribution >= 0.6 is 0 Å². The van der Waals surface area contributed by atoms with Crippen molar-refractivity contribution in [2.45, 2.75) is 38.3 Å². The molecule has 3 heterocycles. The second-order valence-corrected chi connectivity index (χ2v) is 7.40. The lowest BCUT2D eigenvalue weighted by molar-refractivity contribution is 0.0695. The Hall–Kier alpha value is -3.01. The maximum Gasteiger partial charge on any atom is 0.341 e. The van der Waals surface area contributed by atoms with Crippen LogP contribution in [-0.2, 0) is 4.84 Å². The standard InChI is InChI=1S/C19H22FN5O4/c1-2-29-23-11-5-10(21)7-24(8-11)18-15(20)6-13-16(26)14(19(27)28)9-25(12-3-4-12)17(13)22-18/h6,9-10,12H,2-5,7-8,21H2,1H3,(H,27,28)/b23-11+. The summed E-state index contributed by atoms with van der Waals surface area (Å²) in [4.78, 5) is 35.2. The van der Waals surface area contributed by atoms with E-state index in [2.05, 4.69) is 10.1 Å². The quantitative estimate of drug-likeness (QED) is 0.725. The Kier molecular flexibility index (Phi) is 4.95. The van der Waals surface area contributed by atoms with E-state index in [1.807, 2.05) is 6.92 Å². The molecule has 0 spiro atoms. The molecule has 2 aromatic heterocycles. The van der Waals surface area contributed by atoms with Gasteiger partial charge in [0.1, 0.15) is 17.8 Å². The lowest BCUT2D eigenvalue weighted by Gasteiger charge is -2.32. The highest BCUT2D eigenvalue weighted by atomic mass is 19.1. The Morgan fingerprint density at radius 1 is 1.48 bits per heavy atom. The van der Waals surface area contributed by atoms with Crippen LogP contribution in [-0.4, -0.2) is 52.1 Å². The zero-order valence-corrected chi connectivity index (χ0v) is 16.0. The molecule has 1 aliphatic carbocycles. The third-order valence-electron chi connectivity index (χ3n) is 5.06. The first kappa shape index (κ1) is 19.3. The number of carboxylic acids is 1. The molecule has 3 N–H and O–H groups in total. The average molecular weight is 403 g/mol. The van der Waals surface area contributed by atoms with Crippen LogP contribution in [0, 0.1) is 5.82 Å². The number of hydrogen-bond donors (Lipinski definition) is 2. The van der Waals surface area contributed by atoms with Crippen molar-refractivity contribution >= 4 is 28.5 Å². The lowest BCUT2D eigenvalue weighted by Crippen LogP contribution is -2.48. The number of fused-ring (bicyclic) bond motifs is 1. The van der Waals surface area contributed by atoms with Crippen LogP contribution in [0.25, 0.3) is 11.0 Å². The minimum Gasteiger partial charge on any atom is -0.477 e. The summed E-state index contributed by atoms with van der Waals surface area (Å²) in [6, 6.07) is 0.866. The van der Waals surface area contributed by atoms with Crippen LogP contribution in [0.4, 0.5) is 10.2 Å². The van der Waals surface area contributed by atoms with Crippen molar-refractivity contribution in [1.29, 1.82) is 0 Å². The van der Waals surface area contributed by atoms with Crippen molar-refractivity contribution in [3.05, 3.63) is 33.9 Å². The largest absolute Gasteiger partial charge is 0.477 e. The normalized spacial score (nSPS) is 21.0. The van der Waals surface area contributed by atoms with Gasteiger partial charge in [0.2, 0.25) is 5.43 Å². The molecular formula is C19H22FN5O4. The van der Waals surface area contributed by atoms with Gasteiger partial charge < -0.3 is 25.1 Å². The highest BCUT2D eigenvalue weighted by Gasteiger charge is 2.30. The van der Waals surface area contributed by atoms with E-state index in [1.54, 1.807) is 9.47 Å². The molecule has 0 bridgehead atoms. The van der Waals surface area contributed by atoms with Crippen molar-refractivity contribution < 1.29 is 19.1 Å². The molecule has 2 aromatic rings. The molecule has 0 amide bonds. The fourth-order valence-corrected chi connectivity index (χ4v) is 3.63. The van der Waals surface area contributed by atoms with Gasteiger partial charge in [0.05, 0.1) is 17.6 Å². The van der Waals surface area contributed by atoms with Gasteiger partial charge in [-0.15, -0.1) is 0 Å². The Balaban J connectivity index is 1.83. The van der Waals surface area contributed by atoms with Gasteiger partial charge in [-0.25, -0.2) is 14.2 Å². The predicted molar refractivity (Wildman–Crippen MR) is 105 cm³/mol. The topological polar surface area (TPSA) is 123 Å². The summed E-state index contributed by atoms with van der Waals surface area (Å²) in [6.45, 7) is 2.92. The average Bonchev–Trinajstić information content (AvgIpc) is 3.51. The van der Waals surface area contributed by atoms with E-state index >= 15 is 0 Å². The second kappa shape index (κ2) is 7.43. The van der Waals surface area contributed by atoms with Gasteiger partial charge in [-0.05, 0) is 25.8 Å². The van der Waals surface area contributed by atoms with Crippen molar-refractivity contribution in [3.63, 3.8) is 0 Å². The van der Waals surface area contributed by atoms with Gasteiger partial charge in [-0.3, -0.25) is 4.79 Å². The Morgan fingerprint density at radius 3 is 2.90 bits per heavy atom. The molecule has 0 radical (unpaired) electrons. The van der Waals surface area contributed by atoms with Crippen LogP contribution in [0.5, 0.6) is 0 Å². The second-order valence-electron chi connectivity index (χ2n) is 7.40. The molecule has 1 atom stereocenters. The van der Waals surface area contributed by atoms with E-state index in [0.29, 0.717) is 31.8 Å². The summed E-state index contributed by atoms with van der Waals surface area (Å²) in [7, 11) is 0. The molecule has 1 saturated carbocycles. The van der Waals surface area contributed by atoms with E-state index in [1.165, 1.54) is 6.20 Å². The smallest absolute Gasteiger partial charge is 0.341 e. The molecule has 10 heteroatoms. The Labute approximate surface area is 165 Å². The Morgan fingerprint density at radius 2 is 2.24 bits per heavy atom. The number of piperidine rings is 1. The van der Waals surface area contributed by atoms with Gasteiger partial charge >= 0.3 is 5.97 Å². The fourth-order valence-electron chi connectivity index (χ4n) is 3.63. The molecule has 2 aliphatic rings. The van der Waals surface area contributed by atoms with E-state index < -0.39 is 17.2 Å². The number of carbonyl (C=O) groups is 1. The van der Waals surface area contributed by atoms with E-state index in [4.69, 9.17) is 10.6 Å². The van der Waals surface area contributed by atoms with Gasteiger partial charge in [0.15, 0.2) is 11.6 Å². The molecule has 29 heavy (non-hydrogen) atoms. The number of aromatic nitrogens is 2. The highest BCUT2D eigenvalue weighted by Crippen LogP contribution is 2.37. The van der Waals surface area contributed by atoms with Crippen LogP contribution < -0.4 is 16.1 Å². The number of nitrogens with two attached hydrogens (primary N) is 1. The number of halogens is 1. The van der Waals surface area contributed by atoms with Crippen molar-refractivity contribution in [3.8, 4) is 0 Å². The zero-order chi connectivity index (χ0) is 20.7. The number of anilines is 1. The maximum absolute atomic E-state index is 15.0. The maximum atomic E-state index is 15.0. The molecule has 154 valence electrons. The Bertz CT molecular complexity index is 1060. The lowest BCUT2D eigenvalue weighted by atomic mass is 10.0. The van der Waals surface area contributed by atoms with Crippen molar-refractivity contribution in [2.24, 2.45) is 10.9 Å². The predicted octanol–water partition coefficient (Wildman–Crippen LogP) is 1.50. The highest BCUT2D eigenvalue weighted by molar-refractivity contribution is 5.93. The SMILES string of the molecule is CCO/N=C1\CC(N)CN(c2nc3c(cc2F)c(=O)c(C(=O)O)cn3C2CC2)C1. The molecule has 9 nitrogen and oxygen atoms in total. The van der Waals surface area contributed by atoms with E-state index in [-0.39, 0.29) is 34.5 Å². The van der Waals surface area contributed by atoms with E-state index in [0.717, 1.165) is 18.9 Å². The van der Waals surface area contributed by atoms with Gasteiger partial charge in [-0.2, -0.15) is 0 Å². The first-order valence-electron chi connectivity index (χ1n) is 9.56. The van der Waals surface area contributed by atoms with Crippen LogP contribution in [0.15, 0.2) is 22.2 Å². The number of nitrogens with zero attached hydrogens (tertiary/aromatic N) is 4. The summed E-state index contributed by atoms with van der Waals surface area (Å²) in [5.41, 5.74) is 5.95. The minimum absolute atomic E-state index is 0.0393. The van der Waals surface area contributed by atoms with Crippen LogP contribution in [0.3, 0.4) is 0 Å². The molecule has 1 saturated heterocycles. The number of pyridine rings is 2. The summed E-state index contributed by atoms with van der Waals surface area (Å²) in [6.07, 6.45) is 3.56. The molecule has 0 aromatic carbocycles. The fraction of sp³-hybridized carbons (Fsp3) is 0.474. The molecular weight excluding hydrogens is 381 g/mol. The third kappa shape index (κ3) is 3.67. The summed E-state index contributed by atoms with van der Waals surface area (Å²) < 4.78 is 16.6. The molecule has 4 rings (SSSR count). The van der Waals surface area contributed by atoms with Gasteiger partial charge in [0, 0.05) is 31.2 Å². The molecule has 2 fully saturated rings. The van der Waals surface area contributed by atoms with Gasteiger partial charge in [-0.1, -0.05) is 5.16 Å². The number of carboxylic acid groups (broad SMARTS) is 1. The van der Waals surface area contributed by atoms with Crippen LogP contribution in [0.2, 0.25) is 0 Å².